The van der Waals surface area contributed by atoms with Crippen molar-refractivity contribution in [2.75, 3.05) is 31.1 Å². The van der Waals surface area contributed by atoms with Crippen LogP contribution in [0.2, 0.25) is 0 Å². The van der Waals surface area contributed by atoms with Crippen LogP contribution in [0.25, 0.3) is 0 Å². The van der Waals surface area contributed by atoms with Crippen LogP contribution in [0.3, 0.4) is 0 Å². The Bertz CT molecular complexity index is 413. The van der Waals surface area contributed by atoms with E-state index in [9.17, 15) is 18.0 Å². The molecule has 1 aromatic rings. The molecule has 1 amide bonds. The number of carbonyl (C=O) groups excluding carboxylic acids is 1. The zero-order valence-electron chi connectivity index (χ0n) is 9.52. The van der Waals surface area contributed by atoms with Gasteiger partial charge in [0.15, 0.2) is 0 Å². The second kappa shape index (κ2) is 4.83. The van der Waals surface area contributed by atoms with Crippen LogP contribution >= 0.6 is 0 Å². The number of pyridine rings is 1. The fraction of sp³-hybridized carbons (Fsp3) is 0.455. The number of hydrogen-bond acceptors (Lipinski definition) is 3. The Balaban J connectivity index is 1.95. The van der Waals surface area contributed by atoms with Gasteiger partial charge in [-0.05, 0) is 12.1 Å². The first-order chi connectivity index (χ1) is 8.48. The van der Waals surface area contributed by atoms with E-state index in [4.69, 9.17) is 0 Å². The Labute approximate surface area is 102 Å². The molecule has 2 heterocycles. The molecule has 0 spiro atoms. The molecule has 0 atom stereocenters. The molecule has 1 saturated heterocycles. The van der Waals surface area contributed by atoms with E-state index >= 15 is 0 Å². The van der Waals surface area contributed by atoms with Crippen molar-refractivity contribution in [3.63, 3.8) is 0 Å². The quantitative estimate of drug-likeness (QED) is 0.761. The summed E-state index contributed by atoms with van der Waals surface area (Å²) in [7, 11) is 0. The van der Waals surface area contributed by atoms with Crippen LogP contribution in [0.15, 0.2) is 24.4 Å². The summed E-state index contributed by atoms with van der Waals surface area (Å²) in [6, 6.07) is 5.38. The number of amides is 1. The fourth-order valence-corrected chi connectivity index (χ4v) is 1.86. The molecular formula is C11H12F3N3O. The van der Waals surface area contributed by atoms with E-state index in [1.807, 2.05) is 11.0 Å². The van der Waals surface area contributed by atoms with Gasteiger partial charge in [-0.15, -0.1) is 0 Å². The third-order valence-electron chi connectivity index (χ3n) is 2.78. The lowest BCUT2D eigenvalue weighted by Crippen LogP contribution is -2.52. The van der Waals surface area contributed by atoms with Crippen molar-refractivity contribution < 1.29 is 18.0 Å². The largest absolute Gasteiger partial charge is 0.471 e. The van der Waals surface area contributed by atoms with Crippen LogP contribution in [-0.2, 0) is 4.79 Å². The van der Waals surface area contributed by atoms with E-state index in [1.54, 1.807) is 18.3 Å². The third kappa shape index (κ3) is 2.72. The van der Waals surface area contributed by atoms with Crippen molar-refractivity contribution in [3.05, 3.63) is 24.4 Å². The van der Waals surface area contributed by atoms with E-state index < -0.39 is 12.1 Å². The number of carbonyl (C=O) groups is 1. The maximum absolute atomic E-state index is 12.2. The minimum Gasteiger partial charge on any atom is -0.353 e. The predicted octanol–water partition coefficient (Wildman–Crippen LogP) is 1.29. The molecule has 18 heavy (non-hydrogen) atoms. The van der Waals surface area contributed by atoms with Crippen molar-refractivity contribution >= 4 is 11.7 Å². The van der Waals surface area contributed by atoms with Crippen molar-refractivity contribution in [3.8, 4) is 0 Å². The number of anilines is 1. The Kier molecular flexibility index (Phi) is 3.40. The summed E-state index contributed by atoms with van der Waals surface area (Å²) >= 11 is 0. The lowest BCUT2D eigenvalue weighted by atomic mass is 10.3. The minimum atomic E-state index is -4.78. The number of alkyl halides is 3. The highest BCUT2D eigenvalue weighted by Gasteiger charge is 2.43. The average Bonchev–Trinajstić information content (AvgIpc) is 2.38. The zero-order chi connectivity index (χ0) is 13.2. The highest BCUT2D eigenvalue weighted by atomic mass is 19.3. The number of hydrogen-bond donors (Lipinski definition) is 0. The summed E-state index contributed by atoms with van der Waals surface area (Å²) < 4.78 is 36.7. The van der Waals surface area contributed by atoms with Gasteiger partial charge in [0.25, 0.3) is 0 Å². The van der Waals surface area contributed by atoms with E-state index in [-0.39, 0.29) is 13.1 Å². The van der Waals surface area contributed by atoms with Gasteiger partial charge in [-0.25, -0.2) is 4.98 Å². The standard InChI is InChI=1S/C11H12F3N3O/c12-11(13,14)10(18)17-7-5-16(6-8-17)9-3-1-2-4-15-9/h1-4H,5-8H2/i12-1. The van der Waals surface area contributed by atoms with Crippen LogP contribution < -0.4 is 4.90 Å². The second-order valence-corrected chi connectivity index (χ2v) is 3.96. The molecule has 0 unspecified atom stereocenters. The van der Waals surface area contributed by atoms with Crippen molar-refractivity contribution in [1.82, 2.24) is 9.88 Å². The fourth-order valence-electron chi connectivity index (χ4n) is 1.86. The van der Waals surface area contributed by atoms with Gasteiger partial charge in [-0.1, -0.05) is 6.07 Å². The molecule has 0 N–H and O–H groups in total. The molecule has 1 aliphatic heterocycles. The summed E-state index contributed by atoms with van der Waals surface area (Å²) in [5.74, 6) is -1.04. The number of piperazine rings is 1. The number of aromatic nitrogens is 1. The first kappa shape index (κ1) is 12.7. The Hall–Kier alpha value is -1.79. The molecule has 98 valence electrons. The lowest BCUT2D eigenvalue weighted by Gasteiger charge is -2.35. The summed E-state index contributed by atoms with van der Waals surface area (Å²) in [6.07, 6.45) is -3.16. The van der Waals surface area contributed by atoms with Gasteiger partial charge in [-0.2, -0.15) is 13.2 Å². The Morgan fingerprint density at radius 1 is 1.17 bits per heavy atom. The van der Waals surface area contributed by atoms with Gasteiger partial charge in [0.05, 0.1) is 0 Å². The monoisotopic (exact) mass is 258 g/mol. The summed E-state index contributed by atoms with van der Waals surface area (Å²) in [4.78, 5) is 17.8. The maximum Gasteiger partial charge on any atom is 0.471 e. The molecular weight excluding hydrogens is 246 g/mol. The van der Waals surface area contributed by atoms with Crippen molar-refractivity contribution in [2.24, 2.45) is 0 Å². The molecule has 7 heteroatoms. The minimum absolute atomic E-state index is 0.0644. The van der Waals surface area contributed by atoms with E-state index in [0.29, 0.717) is 13.1 Å². The Morgan fingerprint density at radius 2 is 1.83 bits per heavy atom. The van der Waals surface area contributed by atoms with Gasteiger partial charge in [0.1, 0.15) is 5.82 Å². The average molecular weight is 258 g/mol. The zero-order valence-corrected chi connectivity index (χ0v) is 9.52. The van der Waals surface area contributed by atoms with Gasteiger partial charge < -0.3 is 9.80 Å². The molecule has 0 radical (unpaired) electrons. The van der Waals surface area contributed by atoms with Gasteiger partial charge in [0.2, 0.25) is 0 Å². The molecule has 0 saturated carbocycles. The van der Waals surface area contributed by atoms with Gasteiger partial charge in [-0.3, -0.25) is 4.79 Å². The van der Waals surface area contributed by atoms with Crippen molar-refractivity contribution in [2.45, 2.75) is 6.18 Å². The maximum atomic E-state index is 12.2. The lowest BCUT2D eigenvalue weighted by molar-refractivity contribution is -0.185. The number of nitrogens with zero attached hydrogens (tertiary/aromatic N) is 3. The van der Waals surface area contributed by atoms with Gasteiger partial charge >= 0.3 is 12.1 Å². The Morgan fingerprint density at radius 3 is 2.33 bits per heavy atom. The molecule has 0 aromatic carbocycles. The van der Waals surface area contributed by atoms with Crippen LogP contribution in [-0.4, -0.2) is 48.1 Å². The molecule has 2 rings (SSSR count). The smallest absolute Gasteiger partial charge is 0.353 e. The normalized spacial score (nSPS) is 16.8. The van der Waals surface area contributed by atoms with E-state index in [2.05, 4.69) is 4.98 Å². The molecule has 1 fully saturated rings. The highest BCUT2D eigenvalue weighted by Crippen LogP contribution is 2.20. The highest BCUT2D eigenvalue weighted by molar-refractivity contribution is 5.82. The SMILES string of the molecule is O=C(N1CCN(c2ccccn2)CC1)C(F)(F)[18F]. The molecule has 4 nitrogen and oxygen atoms in total. The van der Waals surface area contributed by atoms with Crippen LogP contribution in [0, 0.1) is 0 Å². The van der Waals surface area contributed by atoms with Crippen molar-refractivity contribution in [1.29, 1.82) is 0 Å². The molecule has 0 aliphatic carbocycles. The summed E-state index contributed by atoms with van der Waals surface area (Å²) in [6.45, 7) is 0.849. The van der Waals surface area contributed by atoms with Gasteiger partial charge in [0, 0.05) is 32.4 Å². The summed E-state index contributed by atoms with van der Waals surface area (Å²) in [5, 5.41) is 0. The van der Waals surface area contributed by atoms with Crippen LogP contribution in [0.4, 0.5) is 19.0 Å². The predicted molar refractivity (Wildman–Crippen MR) is 59.1 cm³/mol. The first-order valence-electron chi connectivity index (χ1n) is 5.50. The van der Waals surface area contributed by atoms with Crippen LogP contribution in [0.1, 0.15) is 0 Å². The van der Waals surface area contributed by atoms with Crippen LogP contribution in [0.5, 0.6) is 0 Å². The number of rotatable bonds is 1. The molecule has 1 aliphatic rings. The topological polar surface area (TPSA) is 36.4 Å². The molecule has 1 aromatic heterocycles. The second-order valence-electron chi connectivity index (χ2n) is 3.96. The summed E-state index contributed by atoms with van der Waals surface area (Å²) in [5.41, 5.74) is 0. The third-order valence-corrected chi connectivity index (χ3v) is 2.78. The number of halogens is 3. The van der Waals surface area contributed by atoms with E-state index in [1.165, 1.54) is 0 Å². The first-order valence-corrected chi connectivity index (χ1v) is 5.50. The molecule has 0 bridgehead atoms. The van der Waals surface area contributed by atoms with E-state index in [0.717, 1.165) is 10.7 Å².